The molecule has 3 fully saturated rings. The minimum atomic E-state index is -0.427. The predicted octanol–water partition coefficient (Wildman–Crippen LogP) is 4.88. The topological polar surface area (TPSA) is 144 Å². The third-order valence-corrected chi connectivity index (χ3v) is 9.85. The first-order valence-electron chi connectivity index (χ1n) is 15.4. The number of ether oxygens (including phenoxy) is 1. The number of anilines is 3. The van der Waals surface area contributed by atoms with Crippen molar-refractivity contribution in [3.05, 3.63) is 52.5 Å². The van der Waals surface area contributed by atoms with E-state index in [1.54, 1.807) is 6.20 Å². The average molecular weight is 649 g/mol. The van der Waals surface area contributed by atoms with Gasteiger partial charge in [0.1, 0.15) is 11.9 Å². The van der Waals surface area contributed by atoms with Crippen LogP contribution in [0.2, 0.25) is 5.02 Å². The molecule has 45 heavy (non-hydrogen) atoms. The van der Waals surface area contributed by atoms with Gasteiger partial charge in [-0.3, -0.25) is 19.8 Å². The van der Waals surface area contributed by atoms with Gasteiger partial charge in [0, 0.05) is 74.7 Å². The Hall–Kier alpha value is -3.76. The van der Waals surface area contributed by atoms with Crippen LogP contribution in [0.25, 0.3) is 11.3 Å². The van der Waals surface area contributed by atoms with Gasteiger partial charge in [-0.05, 0) is 55.9 Å². The summed E-state index contributed by atoms with van der Waals surface area (Å²) in [4.78, 5) is 35.3. The summed E-state index contributed by atoms with van der Waals surface area (Å²) in [5.41, 5.74) is 3.24. The third kappa shape index (κ3) is 7.91. The van der Waals surface area contributed by atoms with E-state index in [0.717, 1.165) is 73.2 Å². The molecule has 0 bridgehead atoms. The van der Waals surface area contributed by atoms with Gasteiger partial charge in [0.05, 0.1) is 22.2 Å². The highest BCUT2D eigenvalue weighted by atomic mass is 35.5. The summed E-state index contributed by atoms with van der Waals surface area (Å²) in [5.74, 6) is 0.293. The van der Waals surface area contributed by atoms with Crippen molar-refractivity contribution in [1.82, 2.24) is 20.2 Å². The zero-order chi connectivity index (χ0) is 31.2. The summed E-state index contributed by atoms with van der Waals surface area (Å²) in [6.07, 6.45) is 5.91. The molecule has 11 nitrogen and oxygen atoms in total. The Bertz CT molecular complexity index is 1560. The molecule has 3 aliphatic rings. The standard InChI is InChI=1S/C32H37ClN8O3S/c33-25-16-35-28(15-24(25)27-18-45-31(39-27)36-20-32(19-34)8-12-44-13-9-32)38-22-6-10-41(11-7-22)17-21-2-1-3-23(14-21)37-26-4-5-29(42)40-30(26)43/h1-3,14-16,18,22,26,37H,4-13,17,20H2,(H,35,38)(H,36,39)(H,40,42,43). The molecule has 0 aliphatic carbocycles. The fourth-order valence-electron chi connectivity index (χ4n) is 6.02. The van der Waals surface area contributed by atoms with Crippen LogP contribution in [0.15, 0.2) is 41.9 Å². The molecule has 4 N–H and O–H groups in total. The first-order valence-corrected chi connectivity index (χ1v) is 16.7. The lowest BCUT2D eigenvalue weighted by molar-refractivity contribution is -0.133. The van der Waals surface area contributed by atoms with Crippen LogP contribution in [0.1, 0.15) is 44.1 Å². The van der Waals surface area contributed by atoms with Crippen molar-refractivity contribution in [3.8, 4) is 17.3 Å². The fourth-order valence-corrected chi connectivity index (χ4v) is 6.93. The molecule has 1 atom stereocenters. The summed E-state index contributed by atoms with van der Waals surface area (Å²) in [6.45, 7) is 4.48. The number of rotatable bonds is 10. The Morgan fingerprint density at radius 2 is 1.98 bits per heavy atom. The quantitative estimate of drug-likeness (QED) is 0.224. The van der Waals surface area contributed by atoms with E-state index >= 15 is 0 Å². The second kappa shape index (κ2) is 14.1. The van der Waals surface area contributed by atoms with E-state index in [-0.39, 0.29) is 17.9 Å². The maximum atomic E-state index is 12.1. The summed E-state index contributed by atoms with van der Waals surface area (Å²) in [5, 5.41) is 25.7. The number of carbonyl (C=O) groups is 2. The Labute approximate surface area is 271 Å². The van der Waals surface area contributed by atoms with Gasteiger partial charge in [-0.25, -0.2) is 9.97 Å². The normalized spacial score (nSPS) is 20.7. The van der Waals surface area contributed by atoms with Crippen LogP contribution in [0, 0.1) is 16.7 Å². The van der Waals surface area contributed by atoms with Crippen LogP contribution < -0.4 is 21.3 Å². The summed E-state index contributed by atoms with van der Waals surface area (Å²) >= 11 is 8.05. The molecule has 0 radical (unpaired) electrons. The molecule has 2 aromatic heterocycles. The van der Waals surface area contributed by atoms with Crippen LogP contribution in [-0.2, 0) is 20.9 Å². The highest BCUT2D eigenvalue weighted by molar-refractivity contribution is 7.14. The molecule has 1 aromatic carbocycles. The lowest BCUT2D eigenvalue weighted by atomic mass is 9.82. The van der Waals surface area contributed by atoms with Crippen molar-refractivity contribution in [1.29, 1.82) is 5.26 Å². The average Bonchev–Trinajstić information content (AvgIpc) is 3.53. The SMILES string of the molecule is N#CC1(CNc2nc(-c3cc(NC4CCN(Cc5cccc(NC6CCC(=O)NC6=O)c5)CC4)ncc3Cl)cs2)CCOCC1. The lowest BCUT2D eigenvalue weighted by Crippen LogP contribution is -2.47. The lowest BCUT2D eigenvalue weighted by Gasteiger charge is -2.32. The fraction of sp³-hybridized carbons (Fsp3) is 0.469. The number of thiazole rings is 1. The van der Waals surface area contributed by atoms with Gasteiger partial charge < -0.3 is 20.7 Å². The zero-order valence-corrected chi connectivity index (χ0v) is 26.6. The molecule has 13 heteroatoms. The number of benzene rings is 1. The minimum Gasteiger partial charge on any atom is -0.381 e. The van der Waals surface area contributed by atoms with Crippen molar-refractivity contribution in [2.45, 2.75) is 57.2 Å². The second-order valence-corrected chi connectivity index (χ2v) is 13.3. The largest absolute Gasteiger partial charge is 0.381 e. The van der Waals surface area contributed by atoms with Gasteiger partial charge in [-0.2, -0.15) is 5.26 Å². The number of carbonyl (C=O) groups excluding carboxylic acids is 2. The molecule has 6 rings (SSSR count). The first kappa shape index (κ1) is 31.2. The van der Waals surface area contributed by atoms with Gasteiger partial charge >= 0.3 is 0 Å². The molecule has 5 heterocycles. The number of pyridine rings is 1. The van der Waals surface area contributed by atoms with Gasteiger partial charge in [0.15, 0.2) is 5.13 Å². The van der Waals surface area contributed by atoms with E-state index in [9.17, 15) is 14.9 Å². The van der Waals surface area contributed by atoms with Crippen molar-refractivity contribution in [2.24, 2.45) is 5.41 Å². The molecule has 1 unspecified atom stereocenters. The van der Waals surface area contributed by atoms with Crippen molar-refractivity contribution >= 4 is 51.4 Å². The summed E-state index contributed by atoms with van der Waals surface area (Å²) in [6, 6.07) is 12.5. The van der Waals surface area contributed by atoms with Crippen LogP contribution in [0.3, 0.4) is 0 Å². The maximum absolute atomic E-state index is 12.1. The van der Waals surface area contributed by atoms with Gasteiger partial charge in [0.25, 0.3) is 0 Å². The number of amides is 2. The molecule has 0 saturated carbocycles. The highest BCUT2D eigenvalue weighted by Crippen LogP contribution is 2.34. The number of piperidine rings is 2. The monoisotopic (exact) mass is 648 g/mol. The third-order valence-electron chi connectivity index (χ3n) is 8.75. The molecular weight excluding hydrogens is 612 g/mol. The van der Waals surface area contributed by atoms with E-state index in [1.165, 1.54) is 16.9 Å². The highest BCUT2D eigenvalue weighted by Gasteiger charge is 2.33. The Balaban J connectivity index is 1.00. The van der Waals surface area contributed by atoms with Gasteiger partial charge in [-0.1, -0.05) is 23.7 Å². The number of hydrogen-bond donors (Lipinski definition) is 4. The Morgan fingerprint density at radius 1 is 1.16 bits per heavy atom. The number of aromatic nitrogens is 2. The number of imide groups is 1. The molecule has 3 aliphatic heterocycles. The second-order valence-electron chi connectivity index (χ2n) is 12.0. The van der Waals surface area contributed by atoms with Crippen LogP contribution in [0.5, 0.6) is 0 Å². The molecule has 0 spiro atoms. The molecule has 3 aromatic rings. The van der Waals surface area contributed by atoms with Gasteiger partial charge in [0.2, 0.25) is 11.8 Å². The number of likely N-dealkylation sites (tertiary alicyclic amines) is 1. The summed E-state index contributed by atoms with van der Waals surface area (Å²) in [7, 11) is 0. The number of halogens is 1. The molecule has 3 saturated heterocycles. The van der Waals surface area contributed by atoms with E-state index < -0.39 is 11.5 Å². The smallest absolute Gasteiger partial charge is 0.249 e. The number of nitrogens with zero attached hydrogens (tertiary/aromatic N) is 4. The van der Waals surface area contributed by atoms with E-state index in [0.29, 0.717) is 37.6 Å². The first-order chi connectivity index (χ1) is 21.9. The number of nitrogens with one attached hydrogen (secondary N) is 4. The van der Waals surface area contributed by atoms with Crippen LogP contribution in [0.4, 0.5) is 16.6 Å². The molecule has 2 amide bonds. The van der Waals surface area contributed by atoms with E-state index in [1.807, 2.05) is 23.6 Å². The molecule has 236 valence electrons. The van der Waals surface area contributed by atoms with Crippen molar-refractivity contribution in [2.75, 3.05) is 48.8 Å². The van der Waals surface area contributed by atoms with Crippen molar-refractivity contribution < 1.29 is 14.3 Å². The van der Waals surface area contributed by atoms with Crippen LogP contribution >= 0.6 is 22.9 Å². The molecular formula is C32H37ClN8O3S. The van der Waals surface area contributed by atoms with Crippen LogP contribution in [-0.4, -0.2) is 71.6 Å². The Kier molecular flexibility index (Phi) is 9.80. The summed E-state index contributed by atoms with van der Waals surface area (Å²) < 4.78 is 5.44. The maximum Gasteiger partial charge on any atom is 0.249 e. The van der Waals surface area contributed by atoms with Crippen molar-refractivity contribution in [3.63, 3.8) is 0 Å². The Morgan fingerprint density at radius 3 is 2.76 bits per heavy atom. The zero-order valence-electron chi connectivity index (χ0n) is 25.0. The predicted molar refractivity (Wildman–Crippen MR) is 175 cm³/mol. The number of hydrogen-bond acceptors (Lipinski definition) is 11. The minimum absolute atomic E-state index is 0.212. The number of nitriles is 1. The van der Waals surface area contributed by atoms with E-state index in [2.05, 4.69) is 49.4 Å². The van der Waals surface area contributed by atoms with Gasteiger partial charge in [-0.15, -0.1) is 11.3 Å². The van der Waals surface area contributed by atoms with E-state index in [4.69, 9.17) is 21.3 Å².